The lowest BCUT2D eigenvalue weighted by Gasteiger charge is -2.32. The number of benzene rings is 4. The smallest absolute Gasteiger partial charge is 0.418 e. The Bertz CT molecular complexity index is 1350. The molecule has 0 unspecified atom stereocenters. The minimum Gasteiger partial charge on any atom is -0.418 e. The van der Waals surface area contributed by atoms with E-state index in [4.69, 9.17) is 12.3 Å². The second kappa shape index (κ2) is 13.8. The highest BCUT2D eigenvalue weighted by atomic mass is 28.5. The van der Waals surface area contributed by atoms with E-state index in [0.29, 0.717) is 6.04 Å². The molecule has 0 fully saturated rings. The van der Waals surface area contributed by atoms with Crippen LogP contribution in [0.3, 0.4) is 0 Å². The molecule has 0 aliphatic rings. The van der Waals surface area contributed by atoms with E-state index >= 15 is 0 Å². The highest BCUT2D eigenvalue weighted by Crippen LogP contribution is 2.19. The monoisotopic (exact) mass is 598 g/mol. The molecule has 0 saturated carbocycles. The Morgan fingerprint density at radius 1 is 0.600 bits per heavy atom. The summed E-state index contributed by atoms with van der Waals surface area (Å²) in [5, 5.41) is 3.97. The zero-order valence-electron chi connectivity index (χ0n) is 24.8. The van der Waals surface area contributed by atoms with Crippen LogP contribution in [0.4, 0.5) is 0 Å². The molecule has 0 heterocycles. The molecule has 7 heteroatoms. The molecule has 40 heavy (non-hydrogen) atoms. The van der Waals surface area contributed by atoms with Crippen LogP contribution in [0, 0.1) is 41.5 Å². The molecular formula is C33H42O3Si4. The molecule has 4 aromatic carbocycles. The molecule has 3 nitrogen and oxygen atoms in total. The third-order valence-electron chi connectivity index (χ3n) is 8.10. The molecule has 0 saturated heterocycles. The van der Waals surface area contributed by atoms with Gasteiger partial charge in [0.25, 0.3) is 0 Å². The molecule has 0 radical (unpaired) electrons. The van der Waals surface area contributed by atoms with E-state index in [1.165, 1.54) is 54.5 Å². The van der Waals surface area contributed by atoms with Crippen molar-refractivity contribution in [2.24, 2.45) is 0 Å². The first-order valence-electron chi connectivity index (χ1n) is 14.0. The Balaban J connectivity index is 1.73. The third-order valence-corrected chi connectivity index (χ3v) is 19.2. The van der Waals surface area contributed by atoms with Gasteiger partial charge in [-0.15, -0.1) is 0 Å². The van der Waals surface area contributed by atoms with Gasteiger partial charge in [-0.2, -0.15) is 0 Å². The number of hydrogen-bond acceptors (Lipinski definition) is 3. The molecule has 0 aromatic heterocycles. The number of aryl methyl sites for hydroxylation is 3. The second-order valence-corrected chi connectivity index (χ2v) is 19.1. The zero-order chi connectivity index (χ0) is 28.7. The summed E-state index contributed by atoms with van der Waals surface area (Å²) in [4.78, 5) is 0. The zero-order valence-corrected chi connectivity index (χ0v) is 30.1. The van der Waals surface area contributed by atoms with Gasteiger partial charge in [0.15, 0.2) is 29.3 Å². The Hall–Kier alpha value is -2.63. The molecule has 0 spiro atoms. The van der Waals surface area contributed by atoms with Gasteiger partial charge in [0.1, 0.15) is 0 Å². The fourth-order valence-corrected chi connectivity index (χ4v) is 16.7. The first kappa shape index (κ1) is 30.3. The van der Waals surface area contributed by atoms with Crippen LogP contribution in [-0.4, -0.2) is 38.1 Å². The van der Waals surface area contributed by atoms with Crippen molar-refractivity contribution < 1.29 is 12.3 Å². The van der Waals surface area contributed by atoms with E-state index in [1.54, 1.807) is 0 Å². The average molecular weight is 599 g/mol. The van der Waals surface area contributed by atoms with Crippen molar-refractivity contribution in [1.82, 2.24) is 0 Å². The Labute approximate surface area is 248 Å². The molecule has 208 valence electrons. The maximum absolute atomic E-state index is 7.09. The lowest BCUT2D eigenvalue weighted by Crippen LogP contribution is -2.55. The van der Waals surface area contributed by atoms with Crippen molar-refractivity contribution in [1.29, 1.82) is 0 Å². The first-order valence-corrected chi connectivity index (χ1v) is 19.8. The molecule has 0 amide bonds. The quantitative estimate of drug-likeness (QED) is 0.234. The number of hydrogen-bond donors (Lipinski definition) is 0. The average Bonchev–Trinajstić information content (AvgIpc) is 2.95. The van der Waals surface area contributed by atoms with Gasteiger partial charge in [0.2, 0.25) is 0 Å². The van der Waals surface area contributed by atoms with Crippen LogP contribution in [0.25, 0.3) is 6.08 Å². The van der Waals surface area contributed by atoms with Crippen LogP contribution < -0.4 is 15.6 Å². The van der Waals surface area contributed by atoms with Gasteiger partial charge in [-0.3, -0.25) is 0 Å². The maximum atomic E-state index is 7.09. The van der Waals surface area contributed by atoms with Gasteiger partial charge in [0.05, 0.1) is 0 Å². The van der Waals surface area contributed by atoms with Crippen molar-refractivity contribution in [2.45, 2.75) is 47.6 Å². The van der Waals surface area contributed by atoms with Crippen molar-refractivity contribution in [3.63, 3.8) is 0 Å². The molecule has 0 bridgehead atoms. The normalized spacial score (nSPS) is 13.7. The van der Waals surface area contributed by atoms with Crippen molar-refractivity contribution in [2.75, 3.05) is 0 Å². The van der Waals surface area contributed by atoms with E-state index in [-0.39, 0.29) is 0 Å². The van der Waals surface area contributed by atoms with E-state index in [2.05, 4.69) is 127 Å². The molecule has 0 aliphatic heterocycles. The van der Waals surface area contributed by atoms with Gasteiger partial charge in [-0.1, -0.05) is 91.5 Å². The molecule has 0 atom stereocenters. The minimum absolute atomic E-state index is 0.669. The fourth-order valence-electron chi connectivity index (χ4n) is 4.83. The van der Waals surface area contributed by atoms with Crippen LogP contribution in [-0.2, 0) is 18.4 Å². The number of rotatable bonds is 12. The predicted molar refractivity (Wildman–Crippen MR) is 182 cm³/mol. The Morgan fingerprint density at radius 3 is 1.40 bits per heavy atom. The van der Waals surface area contributed by atoms with E-state index in [9.17, 15) is 0 Å². The van der Waals surface area contributed by atoms with Crippen LogP contribution in [0.2, 0.25) is 0 Å². The SMILES string of the molecule is C=Cc1cccc(C[Si](O[SiH2]c2cccc(C)c2C)(O[SiH2]c2cccc(C)c2C)O[SiH2]c2cccc(C)c2C)c1. The second-order valence-electron chi connectivity index (χ2n) is 10.8. The summed E-state index contributed by atoms with van der Waals surface area (Å²) in [7, 11) is -6.38. The van der Waals surface area contributed by atoms with Crippen LogP contribution in [0.15, 0.2) is 85.4 Å². The summed E-state index contributed by atoms with van der Waals surface area (Å²) in [5.74, 6) is 0. The van der Waals surface area contributed by atoms with Gasteiger partial charge in [0, 0.05) is 6.04 Å². The van der Waals surface area contributed by atoms with Crippen LogP contribution >= 0.6 is 0 Å². The van der Waals surface area contributed by atoms with Crippen molar-refractivity contribution in [3.05, 3.63) is 130 Å². The molecule has 0 N–H and O–H groups in total. The maximum Gasteiger partial charge on any atom is 0.473 e. The molecule has 4 aromatic rings. The molecule has 4 rings (SSSR count). The standard InChI is InChI=1S/C33H42O3Si4/c1-8-29-16-12-17-30(21-29)22-40(34-37-31-18-9-13-23(2)26(31)5,35-38-32-19-10-14-24(3)27(32)6)36-39-33-20-11-15-25(4)28(33)7/h8-21H,1,22,37-39H2,2-7H3. The largest absolute Gasteiger partial charge is 0.473 e. The van der Waals surface area contributed by atoms with E-state index < -0.39 is 38.1 Å². The summed E-state index contributed by atoms with van der Waals surface area (Å²) in [6.45, 7) is 17.1. The Kier molecular flexibility index (Phi) is 10.5. The van der Waals surface area contributed by atoms with Gasteiger partial charge < -0.3 is 12.3 Å². The molecule has 0 aliphatic carbocycles. The van der Waals surface area contributed by atoms with Crippen molar-refractivity contribution in [3.8, 4) is 0 Å². The van der Waals surface area contributed by atoms with Crippen LogP contribution in [0.1, 0.15) is 44.5 Å². The summed E-state index contributed by atoms with van der Waals surface area (Å²) < 4.78 is 21.3. The summed E-state index contributed by atoms with van der Waals surface area (Å²) >= 11 is 0. The van der Waals surface area contributed by atoms with Gasteiger partial charge in [-0.25, -0.2) is 0 Å². The van der Waals surface area contributed by atoms with Gasteiger partial charge >= 0.3 is 8.80 Å². The third kappa shape index (κ3) is 7.55. The van der Waals surface area contributed by atoms with E-state index in [0.717, 1.165) is 5.56 Å². The summed E-state index contributed by atoms with van der Waals surface area (Å²) in [6.07, 6.45) is 1.90. The highest BCUT2D eigenvalue weighted by molar-refractivity contribution is 6.78. The first-order chi connectivity index (χ1) is 19.2. The minimum atomic E-state index is -3.09. The molecular weight excluding hydrogens is 557 g/mol. The van der Waals surface area contributed by atoms with Gasteiger partial charge in [-0.05, 0) is 102 Å². The summed E-state index contributed by atoms with van der Waals surface area (Å²) in [6, 6.07) is 28.8. The Morgan fingerprint density at radius 2 is 1.00 bits per heavy atom. The van der Waals surface area contributed by atoms with E-state index in [1.807, 2.05) is 6.08 Å². The fraction of sp³-hybridized carbons (Fsp3) is 0.212. The lowest BCUT2D eigenvalue weighted by atomic mass is 10.1. The topological polar surface area (TPSA) is 27.7 Å². The highest BCUT2D eigenvalue weighted by Gasteiger charge is 2.41. The predicted octanol–water partition coefficient (Wildman–Crippen LogP) is 3.48. The van der Waals surface area contributed by atoms with Crippen LogP contribution in [0.5, 0.6) is 0 Å². The van der Waals surface area contributed by atoms with Crippen molar-refractivity contribution >= 4 is 59.7 Å². The summed E-state index contributed by atoms with van der Waals surface area (Å²) in [5.41, 5.74) is 10.2. The lowest BCUT2D eigenvalue weighted by molar-refractivity contribution is 0.284.